The zero-order valence-electron chi connectivity index (χ0n) is 16.9. The second kappa shape index (κ2) is 8.08. The van der Waals surface area contributed by atoms with E-state index >= 15 is 0 Å². The molecule has 7 heteroatoms. The number of aromatic nitrogens is 1. The average Bonchev–Trinajstić information content (AvgIpc) is 3.01. The van der Waals surface area contributed by atoms with Crippen LogP contribution in [0, 0.1) is 5.82 Å². The Morgan fingerprint density at radius 2 is 1.97 bits per heavy atom. The quantitative estimate of drug-likeness (QED) is 0.810. The molecular weight excluding hydrogens is 371 g/mol. The zero-order valence-corrected chi connectivity index (χ0v) is 16.9. The molecule has 1 atom stereocenters. The van der Waals surface area contributed by atoms with Gasteiger partial charge in [0.25, 0.3) is 0 Å². The van der Waals surface area contributed by atoms with Crippen LogP contribution in [0.15, 0.2) is 36.5 Å². The van der Waals surface area contributed by atoms with E-state index in [4.69, 9.17) is 4.74 Å². The van der Waals surface area contributed by atoms with Crippen LogP contribution in [0.3, 0.4) is 0 Å². The lowest BCUT2D eigenvalue weighted by molar-refractivity contribution is -0.119. The molecule has 1 unspecified atom stereocenters. The van der Waals surface area contributed by atoms with Gasteiger partial charge in [0.05, 0.1) is 13.3 Å². The molecule has 2 aliphatic rings. The number of amides is 1. The Bertz CT molecular complexity index is 898. The Kier molecular flexibility index (Phi) is 5.52. The Balaban J connectivity index is 1.67. The molecule has 4 rings (SSSR count). The molecule has 0 saturated carbocycles. The second-order valence-corrected chi connectivity index (χ2v) is 7.86. The lowest BCUT2D eigenvalue weighted by atomic mass is 9.72. The predicted octanol–water partition coefficient (Wildman–Crippen LogP) is 2.50. The van der Waals surface area contributed by atoms with Crippen LogP contribution < -0.4 is 10.1 Å². The van der Waals surface area contributed by atoms with Crippen LogP contribution in [0.5, 0.6) is 5.75 Å². The maximum Gasteiger partial charge on any atom is 0.240 e. The van der Waals surface area contributed by atoms with E-state index < -0.39 is 5.41 Å². The van der Waals surface area contributed by atoms with Gasteiger partial charge in [0.1, 0.15) is 22.8 Å². The van der Waals surface area contributed by atoms with Crippen LogP contribution in [0.25, 0.3) is 0 Å². The van der Waals surface area contributed by atoms with Crippen molar-refractivity contribution in [2.75, 3.05) is 52.2 Å². The number of hydrogen-bond acceptors (Lipinski definition) is 5. The molecule has 2 aliphatic heterocycles. The number of likely N-dealkylation sites (N-methyl/N-ethyl adjacent to an activating group) is 1. The molecule has 2 aromatic rings. The third-order valence-corrected chi connectivity index (χ3v) is 6.13. The van der Waals surface area contributed by atoms with Crippen molar-refractivity contribution in [3.05, 3.63) is 53.5 Å². The minimum Gasteiger partial charge on any atom is -0.495 e. The average molecular weight is 398 g/mol. The van der Waals surface area contributed by atoms with Gasteiger partial charge < -0.3 is 19.9 Å². The van der Waals surface area contributed by atoms with Crippen LogP contribution in [-0.2, 0) is 10.2 Å². The standard InChI is InChI=1S/C22H27FN4O2/c1-26-10-12-27(13-11-26)9-5-8-22(17-6-3-4-7-19(17)23)18-14-16(29-2)15-24-20(18)25-21(22)28/h3-4,6-7,14-15H,5,8-13H2,1-2H3,(H,24,25,28). The summed E-state index contributed by atoms with van der Waals surface area (Å²) in [7, 11) is 3.69. The molecule has 1 fully saturated rings. The number of pyridine rings is 1. The smallest absolute Gasteiger partial charge is 0.240 e. The van der Waals surface area contributed by atoms with Gasteiger partial charge in [0, 0.05) is 37.3 Å². The third-order valence-electron chi connectivity index (χ3n) is 6.13. The van der Waals surface area contributed by atoms with Gasteiger partial charge in [-0.2, -0.15) is 0 Å². The summed E-state index contributed by atoms with van der Waals surface area (Å²) in [5.41, 5.74) is -0.0237. The molecule has 3 heterocycles. The number of halogens is 1. The minimum absolute atomic E-state index is 0.225. The van der Waals surface area contributed by atoms with E-state index in [2.05, 4.69) is 27.1 Å². The van der Waals surface area contributed by atoms with Crippen molar-refractivity contribution in [2.45, 2.75) is 18.3 Å². The van der Waals surface area contributed by atoms with Crippen molar-refractivity contribution in [1.82, 2.24) is 14.8 Å². The summed E-state index contributed by atoms with van der Waals surface area (Å²) in [4.78, 5) is 22.3. The topological polar surface area (TPSA) is 57.7 Å². The van der Waals surface area contributed by atoms with Gasteiger partial charge in [-0.05, 0) is 38.6 Å². The van der Waals surface area contributed by atoms with Crippen LogP contribution in [0.1, 0.15) is 24.0 Å². The molecule has 1 aromatic heterocycles. The Morgan fingerprint density at radius 3 is 2.69 bits per heavy atom. The van der Waals surface area contributed by atoms with Crippen molar-refractivity contribution in [3.8, 4) is 5.75 Å². The SMILES string of the molecule is COc1cnc2c(c1)C(CCCN1CCN(C)CC1)(c1ccccc1F)C(=O)N2. The molecule has 154 valence electrons. The summed E-state index contributed by atoms with van der Waals surface area (Å²) in [6, 6.07) is 8.35. The Labute approximate surface area is 170 Å². The number of nitrogens with one attached hydrogen (secondary N) is 1. The zero-order chi connectivity index (χ0) is 20.4. The number of anilines is 1. The molecule has 6 nitrogen and oxygen atoms in total. The van der Waals surface area contributed by atoms with Gasteiger partial charge in [0.2, 0.25) is 5.91 Å². The molecule has 29 heavy (non-hydrogen) atoms. The van der Waals surface area contributed by atoms with Gasteiger partial charge in [-0.3, -0.25) is 4.79 Å². The van der Waals surface area contributed by atoms with E-state index in [0.717, 1.165) is 39.1 Å². The number of benzene rings is 1. The molecule has 0 radical (unpaired) electrons. The van der Waals surface area contributed by atoms with E-state index in [0.29, 0.717) is 29.1 Å². The van der Waals surface area contributed by atoms with Crippen LogP contribution in [-0.4, -0.2) is 67.6 Å². The number of nitrogens with zero attached hydrogens (tertiary/aromatic N) is 3. The fraction of sp³-hybridized carbons (Fsp3) is 0.455. The lowest BCUT2D eigenvalue weighted by Gasteiger charge is -2.34. The molecule has 1 aromatic carbocycles. The maximum atomic E-state index is 14.9. The number of ether oxygens (including phenoxy) is 1. The molecule has 0 bridgehead atoms. The van der Waals surface area contributed by atoms with E-state index in [1.807, 2.05) is 6.07 Å². The molecule has 1 saturated heterocycles. The summed E-state index contributed by atoms with van der Waals surface area (Å²) in [6.45, 7) is 5.00. The summed E-state index contributed by atoms with van der Waals surface area (Å²) in [6.07, 6.45) is 2.86. The fourth-order valence-corrected chi connectivity index (χ4v) is 4.42. The molecule has 0 spiro atoms. The van der Waals surface area contributed by atoms with E-state index in [-0.39, 0.29) is 11.7 Å². The third kappa shape index (κ3) is 3.60. The van der Waals surface area contributed by atoms with E-state index in [9.17, 15) is 9.18 Å². The van der Waals surface area contributed by atoms with Crippen molar-refractivity contribution in [2.24, 2.45) is 0 Å². The maximum absolute atomic E-state index is 14.9. The summed E-state index contributed by atoms with van der Waals surface area (Å²) in [5, 5.41) is 2.87. The summed E-state index contributed by atoms with van der Waals surface area (Å²) in [5.74, 6) is 0.438. The van der Waals surface area contributed by atoms with Gasteiger partial charge in [-0.1, -0.05) is 18.2 Å². The number of fused-ring (bicyclic) bond motifs is 1. The molecule has 1 amide bonds. The van der Waals surface area contributed by atoms with Gasteiger partial charge in [-0.15, -0.1) is 0 Å². The predicted molar refractivity (Wildman–Crippen MR) is 110 cm³/mol. The highest BCUT2D eigenvalue weighted by Crippen LogP contribution is 2.47. The highest BCUT2D eigenvalue weighted by molar-refractivity contribution is 6.08. The summed E-state index contributed by atoms with van der Waals surface area (Å²) >= 11 is 0. The minimum atomic E-state index is -1.10. The number of piperazine rings is 1. The van der Waals surface area contributed by atoms with Crippen LogP contribution in [0.2, 0.25) is 0 Å². The highest BCUT2D eigenvalue weighted by Gasteiger charge is 2.50. The van der Waals surface area contributed by atoms with Crippen molar-refractivity contribution >= 4 is 11.7 Å². The first-order valence-corrected chi connectivity index (χ1v) is 10.1. The fourth-order valence-electron chi connectivity index (χ4n) is 4.42. The normalized spacial score (nSPS) is 22.4. The van der Waals surface area contributed by atoms with Gasteiger partial charge >= 0.3 is 0 Å². The lowest BCUT2D eigenvalue weighted by Crippen LogP contribution is -2.45. The van der Waals surface area contributed by atoms with E-state index in [1.54, 1.807) is 31.5 Å². The van der Waals surface area contributed by atoms with Crippen molar-refractivity contribution in [3.63, 3.8) is 0 Å². The molecule has 0 aliphatic carbocycles. The monoisotopic (exact) mass is 398 g/mol. The van der Waals surface area contributed by atoms with E-state index in [1.165, 1.54) is 6.07 Å². The molecular formula is C22H27FN4O2. The number of hydrogen-bond donors (Lipinski definition) is 1. The van der Waals surface area contributed by atoms with Crippen LogP contribution in [0.4, 0.5) is 10.2 Å². The van der Waals surface area contributed by atoms with Gasteiger partial charge in [-0.25, -0.2) is 9.37 Å². The van der Waals surface area contributed by atoms with Crippen molar-refractivity contribution in [1.29, 1.82) is 0 Å². The largest absolute Gasteiger partial charge is 0.495 e. The Morgan fingerprint density at radius 1 is 1.21 bits per heavy atom. The van der Waals surface area contributed by atoms with Gasteiger partial charge in [0.15, 0.2) is 0 Å². The number of methoxy groups -OCH3 is 1. The highest BCUT2D eigenvalue weighted by atomic mass is 19.1. The Hall–Kier alpha value is -2.51. The summed E-state index contributed by atoms with van der Waals surface area (Å²) < 4.78 is 20.2. The first-order chi connectivity index (χ1) is 14.0. The molecule has 1 N–H and O–H groups in total. The number of rotatable bonds is 6. The number of carbonyl (C=O) groups excluding carboxylic acids is 1. The van der Waals surface area contributed by atoms with Crippen LogP contribution >= 0.6 is 0 Å². The first kappa shape index (κ1) is 19.8. The first-order valence-electron chi connectivity index (χ1n) is 10.1. The second-order valence-electron chi connectivity index (χ2n) is 7.86. The van der Waals surface area contributed by atoms with Crippen molar-refractivity contribution < 1.29 is 13.9 Å². The number of carbonyl (C=O) groups is 1.